The molecule has 106 valence electrons. The Hall–Kier alpha value is -1.44. The second-order valence-corrected chi connectivity index (χ2v) is 6.93. The van der Waals surface area contributed by atoms with Gasteiger partial charge in [-0.2, -0.15) is 5.10 Å². The molecule has 0 radical (unpaired) electrons. The zero-order valence-corrected chi connectivity index (χ0v) is 14.4. The number of thiophene rings is 1. The number of nitrogens with one attached hydrogen (secondary N) is 1. The molecule has 0 spiro atoms. The van der Waals surface area contributed by atoms with Gasteiger partial charge in [0.2, 0.25) is 0 Å². The lowest BCUT2D eigenvalue weighted by molar-refractivity contribution is -0.116. The maximum Gasteiger partial charge on any atom is 0.273 e. The standard InChI is InChI=1S/C14H8Br2N2O2S/c15-9-5-7(6-10(16)13(9)19)4-8-12(17-18-14(8)20)11-2-1-3-21-11/h1-6,19H,(H,18,20)/b8-4+. The summed E-state index contributed by atoms with van der Waals surface area (Å²) >= 11 is 8.08. The molecule has 1 amide bonds. The van der Waals surface area contributed by atoms with Crippen molar-refractivity contribution in [2.24, 2.45) is 5.10 Å². The van der Waals surface area contributed by atoms with Crippen LogP contribution in [0.1, 0.15) is 10.4 Å². The minimum Gasteiger partial charge on any atom is -0.506 e. The molecule has 2 heterocycles. The van der Waals surface area contributed by atoms with Crippen LogP contribution in [0.5, 0.6) is 5.75 Å². The number of nitrogens with zero attached hydrogens (tertiary/aromatic N) is 1. The third-order valence-electron chi connectivity index (χ3n) is 2.87. The molecule has 0 aliphatic carbocycles. The average molecular weight is 428 g/mol. The van der Waals surface area contributed by atoms with Crippen LogP contribution in [0.4, 0.5) is 0 Å². The maximum absolute atomic E-state index is 12.0. The van der Waals surface area contributed by atoms with Gasteiger partial charge in [0.1, 0.15) is 11.5 Å². The summed E-state index contributed by atoms with van der Waals surface area (Å²) in [5.41, 5.74) is 4.40. The summed E-state index contributed by atoms with van der Waals surface area (Å²) in [4.78, 5) is 12.9. The van der Waals surface area contributed by atoms with E-state index in [2.05, 4.69) is 42.4 Å². The van der Waals surface area contributed by atoms with Gasteiger partial charge in [0.25, 0.3) is 5.91 Å². The molecule has 0 fully saturated rings. The zero-order valence-electron chi connectivity index (χ0n) is 10.4. The fraction of sp³-hybridized carbons (Fsp3) is 0. The number of aromatic hydroxyl groups is 1. The molecule has 1 aromatic heterocycles. The number of benzene rings is 1. The van der Waals surface area contributed by atoms with Gasteiger partial charge in [-0.25, -0.2) is 5.43 Å². The van der Waals surface area contributed by atoms with Crippen LogP contribution in [0.3, 0.4) is 0 Å². The van der Waals surface area contributed by atoms with Crippen LogP contribution in [0, 0.1) is 0 Å². The van der Waals surface area contributed by atoms with Crippen molar-refractivity contribution >= 4 is 60.9 Å². The Morgan fingerprint density at radius 3 is 2.62 bits per heavy atom. The van der Waals surface area contributed by atoms with E-state index in [1.807, 2.05) is 17.5 Å². The number of hydrogen-bond acceptors (Lipinski definition) is 4. The number of halogens is 2. The SMILES string of the molecule is O=C1NN=C(c2cccs2)/C1=C\c1cc(Br)c(O)c(Br)c1. The molecule has 0 saturated carbocycles. The highest BCUT2D eigenvalue weighted by atomic mass is 79.9. The van der Waals surface area contributed by atoms with Crippen LogP contribution < -0.4 is 5.43 Å². The van der Waals surface area contributed by atoms with Gasteiger partial charge in [-0.05, 0) is 67.1 Å². The molecule has 21 heavy (non-hydrogen) atoms. The maximum atomic E-state index is 12.0. The van der Waals surface area contributed by atoms with Gasteiger partial charge in [0.05, 0.1) is 19.4 Å². The third kappa shape index (κ3) is 2.81. The fourth-order valence-electron chi connectivity index (χ4n) is 1.90. The molecular formula is C14H8Br2N2O2S. The Morgan fingerprint density at radius 1 is 1.29 bits per heavy atom. The van der Waals surface area contributed by atoms with Crippen LogP contribution in [-0.2, 0) is 4.79 Å². The Bertz CT molecular complexity index is 759. The molecule has 1 aromatic carbocycles. The third-order valence-corrected chi connectivity index (χ3v) is 4.96. The molecule has 0 atom stereocenters. The number of rotatable bonds is 2. The van der Waals surface area contributed by atoms with Gasteiger partial charge < -0.3 is 5.11 Å². The Morgan fingerprint density at radius 2 is 2.00 bits per heavy atom. The molecule has 0 unspecified atom stereocenters. The first-order chi connectivity index (χ1) is 10.1. The van der Waals surface area contributed by atoms with Gasteiger partial charge in [-0.15, -0.1) is 11.3 Å². The predicted octanol–water partition coefficient (Wildman–Crippen LogP) is 3.90. The molecule has 1 aliphatic heterocycles. The normalized spacial score (nSPS) is 16.2. The summed E-state index contributed by atoms with van der Waals surface area (Å²) in [5, 5.41) is 15.8. The van der Waals surface area contributed by atoms with Gasteiger partial charge in [-0.1, -0.05) is 6.07 Å². The molecule has 0 saturated heterocycles. The number of phenolic OH excluding ortho intramolecular Hbond substituents is 1. The molecule has 7 heteroatoms. The summed E-state index contributed by atoms with van der Waals surface area (Å²) in [5.74, 6) is -0.112. The van der Waals surface area contributed by atoms with E-state index in [9.17, 15) is 9.90 Å². The highest BCUT2D eigenvalue weighted by Gasteiger charge is 2.24. The molecule has 4 nitrogen and oxygen atoms in total. The van der Waals surface area contributed by atoms with Crippen molar-refractivity contribution in [1.82, 2.24) is 5.43 Å². The number of carbonyl (C=O) groups is 1. The van der Waals surface area contributed by atoms with Crippen LogP contribution >= 0.6 is 43.2 Å². The van der Waals surface area contributed by atoms with E-state index in [1.54, 1.807) is 18.2 Å². The van der Waals surface area contributed by atoms with E-state index in [4.69, 9.17) is 0 Å². The van der Waals surface area contributed by atoms with Crippen LogP contribution in [0.2, 0.25) is 0 Å². The van der Waals surface area contributed by atoms with E-state index in [0.717, 1.165) is 10.4 Å². The van der Waals surface area contributed by atoms with Gasteiger partial charge >= 0.3 is 0 Å². The summed E-state index contributed by atoms with van der Waals surface area (Å²) in [6, 6.07) is 7.31. The van der Waals surface area contributed by atoms with Crippen LogP contribution in [0.15, 0.2) is 49.3 Å². The van der Waals surface area contributed by atoms with Crippen LogP contribution in [0.25, 0.3) is 6.08 Å². The molecule has 0 bridgehead atoms. The Labute approximate surface area is 141 Å². The highest BCUT2D eigenvalue weighted by Crippen LogP contribution is 2.34. The first-order valence-corrected chi connectivity index (χ1v) is 8.35. The average Bonchev–Trinajstić information content (AvgIpc) is 3.07. The van der Waals surface area contributed by atoms with Crippen molar-refractivity contribution < 1.29 is 9.90 Å². The number of hydrazone groups is 1. The highest BCUT2D eigenvalue weighted by molar-refractivity contribution is 9.11. The van der Waals surface area contributed by atoms with Crippen molar-refractivity contribution in [3.63, 3.8) is 0 Å². The molecule has 1 aliphatic rings. The van der Waals surface area contributed by atoms with Gasteiger partial charge in [0, 0.05) is 0 Å². The van der Waals surface area contributed by atoms with E-state index in [-0.39, 0.29) is 11.7 Å². The Kier molecular flexibility index (Phi) is 3.97. The second-order valence-electron chi connectivity index (χ2n) is 4.27. The van der Waals surface area contributed by atoms with E-state index in [0.29, 0.717) is 20.2 Å². The van der Waals surface area contributed by atoms with E-state index in [1.165, 1.54) is 11.3 Å². The van der Waals surface area contributed by atoms with Gasteiger partial charge in [-0.3, -0.25) is 4.79 Å². The monoisotopic (exact) mass is 426 g/mol. The Balaban J connectivity index is 2.05. The van der Waals surface area contributed by atoms with Crippen molar-refractivity contribution in [2.75, 3.05) is 0 Å². The fourth-order valence-corrected chi connectivity index (χ4v) is 3.85. The van der Waals surface area contributed by atoms with Crippen molar-refractivity contribution in [3.8, 4) is 5.75 Å². The predicted molar refractivity (Wildman–Crippen MR) is 90.5 cm³/mol. The van der Waals surface area contributed by atoms with Crippen LogP contribution in [-0.4, -0.2) is 16.7 Å². The molecule has 2 aromatic rings. The summed E-state index contributed by atoms with van der Waals surface area (Å²) < 4.78 is 1.11. The quantitative estimate of drug-likeness (QED) is 0.714. The van der Waals surface area contributed by atoms with Crippen molar-refractivity contribution in [3.05, 3.63) is 54.6 Å². The number of hydrogen-bond donors (Lipinski definition) is 2. The first-order valence-electron chi connectivity index (χ1n) is 5.88. The number of carbonyl (C=O) groups excluding carboxylic acids is 1. The molecule has 2 N–H and O–H groups in total. The topological polar surface area (TPSA) is 61.7 Å². The van der Waals surface area contributed by atoms with Crippen molar-refractivity contribution in [1.29, 1.82) is 0 Å². The minimum absolute atomic E-state index is 0.125. The minimum atomic E-state index is -0.237. The molecule has 3 rings (SSSR count). The lowest BCUT2D eigenvalue weighted by Crippen LogP contribution is -2.13. The lowest BCUT2D eigenvalue weighted by atomic mass is 10.1. The van der Waals surface area contributed by atoms with E-state index >= 15 is 0 Å². The summed E-state index contributed by atoms with van der Waals surface area (Å²) in [6.45, 7) is 0. The number of amides is 1. The largest absolute Gasteiger partial charge is 0.506 e. The second kappa shape index (κ2) is 5.75. The first kappa shape index (κ1) is 14.5. The van der Waals surface area contributed by atoms with Crippen molar-refractivity contribution in [2.45, 2.75) is 0 Å². The zero-order chi connectivity index (χ0) is 15.0. The summed E-state index contributed by atoms with van der Waals surface area (Å²) in [7, 11) is 0. The lowest BCUT2D eigenvalue weighted by Gasteiger charge is -2.04. The van der Waals surface area contributed by atoms with E-state index < -0.39 is 0 Å². The smallest absolute Gasteiger partial charge is 0.273 e. The number of phenols is 1. The molecular weight excluding hydrogens is 420 g/mol. The van der Waals surface area contributed by atoms with Gasteiger partial charge in [0.15, 0.2) is 0 Å². The summed E-state index contributed by atoms with van der Waals surface area (Å²) in [6.07, 6.45) is 1.75.